The summed E-state index contributed by atoms with van der Waals surface area (Å²) in [5.74, 6) is 0.376. The molecule has 2 aliphatic rings. The van der Waals surface area contributed by atoms with Crippen LogP contribution in [0.2, 0.25) is 0 Å². The summed E-state index contributed by atoms with van der Waals surface area (Å²) in [6, 6.07) is 47.5. The van der Waals surface area contributed by atoms with Crippen molar-refractivity contribution in [3.05, 3.63) is 174 Å². The van der Waals surface area contributed by atoms with E-state index in [1.54, 1.807) is 0 Å². The zero-order chi connectivity index (χ0) is 33.9. The van der Waals surface area contributed by atoms with Gasteiger partial charge in [-0.2, -0.15) is 0 Å². The van der Waals surface area contributed by atoms with Gasteiger partial charge in [0.25, 0.3) is 0 Å². The summed E-state index contributed by atoms with van der Waals surface area (Å²) in [6.07, 6.45) is 6.27. The van der Waals surface area contributed by atoms with E-state index < -0.39 is 6.17 Å². The Bertz CT molecular complexity index is 2650. The number of thiophene rings is 1. The van der Waals surface area contributed by atoms with E-state index in [-0.39, 0.29) is 6.17 Å². The molecule has 1 aliphatic carbocycles. The topological polar surface area (TPSA) is 63.2 Å². The highest BCUT2D eigenvalue weighted by Gasteiger charge is 2.35. The van der Waals surface area contributed by atoms with Crippen molar-refractivity contribution in [2.24, 2.45) is 5.73 Å². The van der Waals surface area contributed by atoms with Crippen LogP contribution >= 0.6 is 23.1 Å². The van der Waals surface area contributed by atoms with Crippen molar-refractivity contribution >= 4 is 65.2 Å². The molecule has 6 aromatic carbocycles. The van der Waals surface area contributed by atoms with Gasteiger partial charge in [-0.1, -0.05) is 115 Å². The first-order chi connectivity index (χ1) is 25.2. The predicted molar refractivity (Wildman–Crippen MR) is 215 cm³/mol. The number of hydrogen-bond donors (Lipinski definition) is 3. The number of rotatable bonds is 8. The Hall–Kier alpha value is -4.95. The maximum absolute atomic E-state index is 7.01. The quantitative estimate of drug-likeness (QED) is 0.138. The van der Waals surface area contributed by atoms with Crippen LogP contribution in [-0.2, 0) is 0 Å². The number of allylic oxidation sites excluding steroid dienone is 2. The van der Waals surface area contributed by atoms with Crippen LogP contribution in [0.5, 0.6) is 0 Å². The molecule has 4 nitrogen and oxygen atoms in total. The SMILES string of the molecule is NC(NC(NCC1=CC=CC2Sc3ccccc3C12)c1ccccc1)c1ccc2oc3ccc(-c4cccc5c4sc4ccccc45)cc3c2c1. The minimum absolute atomic E-state index is 0.152. The number of hydrogen-bond acceptors (Lipinski definition) is 6. The number of furan rings is 1. The molecule has 0 saturated carbocycles. The van der Waals surface area contributed by atoms with Crippen molar-refractivity contribution in [3.8, 4) is 11.1 Å². The first-order valence-corrected chi connectivity index (χ1v) is 19.2. The molecule has 0 saturated heterocycles. The molecular weight excluding hydrogens is 663 g/mol. The largest absolute Gasteiger partial charge is 0.456 e. The molecule has 0 spiro atoms. The van der Waals surface area contributed by atoms with Crippen LogP contribution in [0.1, 0.15) is 34.9 Å². The molecule has 2 aromatic heterocycles. The van der Waals surface area contributed by atoms with Crippen molar-refractivity contribution in [2.75, 3.05) is 6.54 Å². The second-order valence-corrected chi connectivity index (χ2v) is 15.7. The Labute approximate surface area is 304 Å². The summed E-state index contributed by atoms with van der Waals surface area (Å²) in [7, 11) is 0. The normalized spacial score (nSPS) is 17.9. The van der Waals surface area contributed by atoms with Crippen LogP contribution in [-0.4, -0.2) is 11.8 Å². The fraction of sp³-hybridized carbons (Fsp3) is 0.111. The molecule has 248 valence electrons. The first kappa shape index (κ1) is 30.8. The van der Waals surface area contributed by atoms with Gasteiger partial charge in [0.05, 0.1) is 12.3 Å². The maximum atomic E-state index is 7.01. The van der Waals surface area contributed by atoms with Crippen LogP contribution in [0.4, 0.5) is 0 Å². The Morgan fingerprint density at radius 2 is 1.49 bits per heavy atom. The Morgan fingerprint density at radius 1 is 0.706 bits per heavy atom. The van der Waals surface area contributed by atoms with E-state index >= 15 is 0 Å². The van der Waals surface area contributed by atoms with Crippen molar-refractivity contribution in [3.63, 3.8) is 0 Å². The molecule has 0 radical (unpaired) electrons. The number of fused-ring (bicyclic) bond motifs is 9. The van der Waals surface area contributed by atoms with Gasteiger partial charge in [0, 0.05) is 53.6 Å². The molecule has 4 N–H and O–H groups in total. The van der Waals surface area contributed by atoms with Crippen LogP contribution in [0, 0.1) is 0 Å². The molecular formula is C45H35N3OS2. The molecule has 6 heteroatoms. The fourth-order valence-corrected chi connectivity index (χ4v) is 10.5. The lowest BCUT2D eigenvalue weighted by Crippen LogP contribution is -2.41. The second-order valence-electron chi connectivity index (χ2n) is 13.4. The Morgan fingerprint density at radius 3 is 2.41 bits per heavy atom. The smallest absolute Gasteiger partial charge is 0.135 e. The zero-order valence-electron chi connectivity index (χ0n) is 27.8. The average Bonchev–Trinajstić information content (AvgIpc) is 3.87. The summed E-state index contributed by atoms with van der Waals surface area (Å²) >= 11 is 3.82. The highest BCUT2D eigenvalue weighted by molar-refractivity contribution is 8.00. The third-order valence-electron chi connectivity index (χ3n) is 10.4. The van der Waals surface area contributed by atoms with Gasteiger partial charge < -0.3 is 10.2 Å². The summed E-state index contributed by atoms with van der Waals surface area (Å²) < 4.78 is 8.96. The molecule has 10 rings (SSSR count). The van der Waals surface area contributed by atoms with Crippen molar-refractivity contribution in [1.82, 2.24) is 10.6 Å². The van der Waals surface area contributed by atoms with Crippen molar-refractivity contribution in [1.29, 1.82) is 0 Å². The lowest BCUT2D eigenvalue weighted by molar-refractivity contribution is 0.395. The van der Waals surface area contributed by atoms with Gasteiger partial charge in [0.2, 0.25) is 0 Å². The van der Waals surface area contributed by atoms with E-state index in [2.05, 4.69) is 162 Å². The Kier molecular flexibility index (Phi) is 7.66. The lowest BCUT2D eigenvalue weighted by atomic mass is 9.85. The molecule has 0 amide bonds. The second kappa shape index (κ2) is 12.7. The van der Waals surface area contributed by atoms with Crippen LogP contribution in [0.25, 0.3) is 53.2 Å². The molecule has 4 unspecified atom stereocenters. The molecule has 0 fully saturated rings. The number of nitrogens with two attached hydrogens (primary N) is 1. The van der Waals surface area contributed by atoms with Crippen molar-refractivity contribution < 1.29 is 4.42 Å². The monoisotopic (exact) mass is 697 g/mol. The molecule has 51 heavy (non-hydrogen) atoms. The summed E-state index contributed by atoms with van der Waals surface area (Å²) in [4.78, 5) is 1.39. The lowest BCUT2D eigenvalue weighted by Gasteiger charge is -2.29. The van der Waals surface area contributed by atoms with Crippen molar-refractivity contribution in [2.45, 2.75) is 28.4 Å². The van der Waals surface area contributed by atoms with Gasteiger partial charge in [0.1, 0.15) is 11.2 Å². The molecule has 0 bridgehead atoms. The van der Waals surface area contributed by atoms with Crippen LogP contribution in [0.3, 0.4) is 0 Å². The van der Waals surface area contributed by atoms with Crippen LogP contribution in [0.15, 0.2) is 167 Å². The van der Waals surface area contributed by atoms with Gasteiger partial charge >= 0.3 is 0 Å². The van der Waals surface area contributed by atoms with E-state index in [4.69, 9.17) is 10.2 Å². The third-order valence-corrected chi connectivity index (χ3v) is 13.0. The van der Waals surface area contributed by atoms with Crippen LogP contribution < -0.4 is 16.4 Å². The number of nitrogens with one attached hydrogen (secondary N) is 2. The summed E-state index contributed by atoms with van der Waals surface area (Å²) in [5.41, 5.74) is 16.1. The minimum Gasteiger partial charge on any atom is -0.456 e. The summed E-state index contributed by atoms with van der Waals surface area (Å²) in [5, 5.41) is 12.8. The van der Waals surface area contributed by atoms with Gasteiger partial charge in [-0.15, -0.1) is 23.1 Å². The standard InChI is InChI=1S/C45H35N3OS2/c46-44(48-45(27-10-2-1-3-11-27)47-26-30-12-8-19-41-42(30)34-14-5-7-18-40(34)50-41)29-21-23-38-36(25-29)35-24-28(20-22-37(35)49-38)31-15-9-16-33-32-13-4-6-17-39(32)51-43(31)33/h1-25,41-42,44-45,47-48H,26,46H2. The minimum atomic E-state index is -0.414. The van der Waals surface area contributed by atoms with Gasteiger partial charge in [0.15, 0.2) is 0 Å². The molecule has 8 aromatic rings. The van der Waals surface area contributed by atoms with E-state index in [9.17, 15) is 0 Å². The van der Waals surface area contributed by atoms with Gasteiger partial charge in [-0.25, -0.2) is 0 Å². The number of thioether (sulfide) groups is 1. The van der Waals surface area contributed by atoms with E-state index in [0.29, 0.717) is 11.2 Å². The molecule has 3 heterocycles. The average molecular weight is 698 g/mol. The third kappa shape index (κ3) is 5.43. The first-order valence-electron chi connectivity index (χ1n) is 17.5. The highest BCUT2D eigenvalue weighted by Crippen LogP contribution is 2.50. The zero-order valence-corrected chi connectivity index (χ0v) is 29.4. The van der Waals surface area contributed by atoms with E-state index in [0.717, 1.165) is 39.6 Å². The van der Waals surface area contributed by atoms with Gasteiger partial charge in [-0.3, -0.25) is 10.6 Å². The predicted octanol–water partition coefficient (Wildman–Crippen LogP) is 11.2. The van der Waals surface area contributed by atoms with E-state index in [1.807, 2.05) is 23.1 Å². The van der Waals surface area contributed by atoms with Gasteiger partial charge in [-0.05, 0) is 69.8 Å². The van der Waals surface area contributed by atoms with E-state index in [1.165, 1.54) is 47.3 Å². The fourth-order valence-electron chi connectivity index (χ4n) is 7.90. The number of benzene rings is 6. The molecule has 1 aliphatic heterocycles. The maximum Gasteiger partial charge on any atom is 0.135 e. The Balaban J connectivity index is 0.956. The highest BCUT2D eigenvalue weighted by atomic mass is 32.2. The summed E-state index contributed by atoms with van der Waals surface area (Å²) in [6.45, 7) is 0.750. The molecule has 4 atom stereocenters.